The molecule has 18 heavy (non-hydrogen) atoms. The summed E-state index contributed by atoms with van der Waals surface area (Å²) < 4.78 is 5.24. The Balaban J connectivity index is 1.88. The summed E-state index contributed by atoms with van der Waals surface area (Å²) in [6.45, 7) is 0.285. The quantitative estimate of drug-likeness (QED) is 0.776. The number of hydrogen-bond acceptors (Lipinski definition) is 4. The van der Waals surface area contributed by atoms with Gasteiger partial charge in [-0.05, 0) is 25.0 Å². The van der Waals surface area contributed by atoms with Gasteiger partial charge in [-0.3, -0.25) is 9.59 Å². The number of nitrogens with zero attached hydrogens (tertiary/aromatic N) is 1. The van der Waals surface area contributed by atoms with Crippen LogP contribution >= 0.6 is 0 Å². The molecule has 1 saturated carbocycles. The van der Waals surface area contributed by atoms with E-state index in [0.717, 1.165) is 12.8 Å². The Morgan fingerprint density at radius 2 is 2.22 bits per heavy atom. The molecule has 0 atom stereocenters. The van der Waals surface area contributed by atoms with Gasteiger partial charge in [-0.25, -0.2) is 0 Å². The summed E-state index contributed by atoms with van der Waals surface area (Å²) in [5.74, 6) is 0.297. The van der Waals surface area contributed by atoms with Crippen LogP contribution in [0.5, 0.6) is 0 Å². The maximum atomic E-state index is 11.9. The number of amides is 2. The summed E-state index contributed by atoms with van der Waals surface area (Å²) in [4.78, 5) is 24.8. The number of nitrogens with one attached hydrogen (secondary N) is 1. The van der Waals surface area contributed by atoms with Crippen LogP contribution in [0.2, 0.25) is 0 Å². The van der Waals surface area contributed by atoms with E-state index in [1.807, 2.05) is 0 Å². The van der Waals surface area contributed by atoms with E-state index in [1.54, 1.807) is 19.2 Å². The molecule has 98 valence electrons. The SMILES string of the molecule is CN(CC(=O)NC1CC1)C(=O)c1ccc(CN)o1. The van der Waals surface area contributed by atoms with E-state index in [2.05, 4.69) is 5.32 Å². The summed E-state index contributed by atoms with van der Waals surface area (Å²) in [5.41, 5.74) is 5.40. The molecule has 0 saturated heterocycles. The molecular weight excluding hydrogens is 234 g/mol. The van der Waals surface area contributed by atoms with Gasteiger partial charge in [-0.2, -0.15) is 0 Å². The van der Waals surface area contributed by atoms with Gasteiger partial charge in [0.2, 0.25) is 5.91 Å². The maximum absolute atomic E-state index is 11.9. The number of carbonyl (C=O) groups is 2. The lowest BCUT2D eigenvalue weighted by molar-refractivity contribution is -0.121. The van der Waals surface area contributed by atoms with Crippen molar-refractivity contribution in [3.05, 3.63) is 23.7 Å². The molecule has 6 heteroatoms. The Hall–Kier alpha value is -1.82. The predicted octanol–water partition coefficient (Wildman–Crippen LogP) is 0.0889. The summed E-state index contributed by atoms with van der Waals surface area (Å²) in [5, 5.41) is 2.82. The maximum Gasteiger partial charge on any atom is 0.289 e. The van der Waals surface area contributed by atoms with Crippen LogP contribution in [0.25, 0.3) is 0 Å². The van der Waals surface area contributed by atoms with E-state index in [9.17, 15) is 9.59 Å². The molecule has 0 bridgehead atoms. The molecule has 1 fully saturated rings. The number of carbonyl (C=O) groups excluding carboxylic acids is 2. The summed E-state index contributed by atoms with van der Waals surface area (Å²) in [6, 6.07) is 3.53. The summed E-state index contributed by atoms with van der Waals surface area (Å²) in [7, 11) is 1.57. The smallest absolute Gasteiger partial charge is 0.289 e. The van der Waals surface area contributed by atoms with E-state index in [4.69, 9.17) is 10.2 Å². The molecule has 1 aromatic heterocycles. The lowest BCUT2D eigenvalue weighted by Crippen LogP contribution is -2.39. The van der Waals surface area contributed by atoms with Crippen molar-refractivity contribution < 1.29 is 14.0 Å². The number of furan rings is 1. The molecule has 0 spiro atoms. The minimum absolute atomic E-state index is 0.0357. The molecule has 0 aromatic carbocycles. The molecule has 0 radical (unpaired) electrons. The fraction of sp³-hybridized carbons (Fsp3) is 0.500. The summed E-state index contributed by atoms with van der Waals surface area (Å²) >= 11 is 0. The van der Waals surface area contributed by atoms with E-state index >= 15 is 0 Å². The van der Waals surface area contributed by atoms with E-state index in [1.165, 1.54) is 4.90 Å². The Bertz CT molecular complexity index is 451. The van der Waals surface area contributed by atoms with Crippen LogP contribution in [0.15, 0.2) is 16.5 Å². The minimum atomic E-state index is -0.319. The third-order valence-electron chi connectivity index (χ3n) is 2.74. The molecule has 1 aromatic rings. The van der Waals surface area contributed by atoms with Gasteiger partial charge in [0.25, 0.3) is 5.91 Å². The molecule has 1 aliphatic carbocycles. The highest BCUT2D eigenvalue weighted by molar-refractivity contribution is 5.94. The molecule has 6 nitrogen and oxygen atoms in total. The van der Waals surface area contributed by atoms with Crippen molar-refractivity contribution in [2.45, 2.75) is 25.4 Å². The average molecular weight is 251 g/mol. The fourth-order valence-electron chi connectivity index (χ4n) is 1.58. The van der Waals surface area contributed by atoms with Gasteiger partial charge in [0.05, 0.1) is 13.1 Å². The van der Waals surface area contributed by atoms with Crippen molar-refractivity contribution >= 4 is 11.8 Å². The number of rotatable bonds is 5. The molecule has 2 amide bonds. The first kappa shape index (κ1) is 12.6. The van der Waals surface area contributed by atoms with Gasteiger partial charge < -0.3 is 20.4 Å². The van der Waals surface area contributed by atoms with Gasteiger partial charge in [0, 0.05) is 13.1 Å². The zero-order valence-electron chi connectivity index (χ0n) is 10.3. The van der Waals surface area contributed by atoms with Crippen molar-refractivity contribution in [3.63, 3.8) is 0 Å². The third kappa shape index (κ3) is 3.10. The Labute approximate surface area is 105 Å². The standard InChI is InChI=1S/C12H17N3O3/c1-15(7-11(16)14-8-2-3-8)12(17)10-5-4-9(6-13)18-10/h4-5,8H,2-3,6-7,13H2,1H3,(H,14,16). The summed E-state index contributed by atoms with van der Waals surface area (Å²) in [6.07, 6.45) is 2.06. The van der Waals surface area contributed by atoms with Gasteiger partial charge >= 0.3 is 0 Å². The van der Waals surface area contributed by atoms with Crippen molar-refractivity contribution in [3.8, 4) is 0 Å². The van der Waals surface area contributed by atoms with Gasteiger partial charge in [0.1, 0.15) is 5.76 Å². The highest BCUT2D eigenvalue weighted by Gasteiger charge is 2.25. The highest BCUT2D eigenvalue weighted by atomic mass is 16.4. The number of nitrogens with two attached hydrogens (primary N) is 1. The monoisotopic (exact) mass is 251 g/mol. The first-order valence-corrected chi connectivity index (χ1v) is 5.93. The Kier molecular flexibility index (Phi) is 3.66. The van der Waals surface area contributed by atoms with Crippen molar-refractivity contribution in [1.82, 2.24) is 10.2 Å². The van der Waals surface area contributed by atoms with Crippen molar-refractivity contribution in [2.24, 2.45) is 5.73 Å². The zero-order chi connectivity index (χ0) is 13.1. The van der Waals surface area contributed by atoms with Gasteiger partial charge in [-0.1, -0.05) is 0 Å². The fourth-order valence-corrected chi connectivity index (χ4v) is 1.58. The first-order valence-electron chi connectivity index (χ1n) is 5.93. The molecule has 1 heterocycles. The highest BCUT2D eigenvalue weighted by Crippen LogP contribution is 2.18. The van der Waals surface area contributed by atoms with E-state index < -0.39 is 0 Å². The van der Waals surface area contributed by atoms with Crippen LogP contribution in [0.1, 0.15) is 29.2 Å². The van der Waals surface area contributed by atoms with Gasteiger partial charge in [0.15, 0.2) is 5.76 Å². The van der Waals surface area contributed by atoms with E-state index in [0.29, 0.717) is 11.8 Å². The second-order valence-electron chi connectivity index (χ2n) is 4.47. The molecule has 0 unspecified atom stereocenters. The topological polar surface area (TPSA) is 88.6 Å². The van der Waals surface area contributed by atoms with Crippen LogP contribution in [0.4, 0.5) is 0 Å². The van der Waals surface area contributed by atoms with Crippen LogP contribution in [0, 0.1) is 0 Å². The second kappa shape index (κ2) is 5.22. The molecule has 3 N–H and O–H groups in total. The Morgan fingerprint density at radius 3 is 2.78 bits per heavy atom. The van der Waals surface area contributed by atoms with Crippen molar-refractivity contribution in [2.75, 3.05) is 13.6 Å². The Morgan fingerprint density at radius 1 is 1.50 bits per heavy atom. The number of likely N-dealkylation sites (N-methyl/N-ethyl adjacent to an activating group) is 1. The molecule has 0 aliphatic heterocycles. The van der Waals surface area contributed by atoms with Gasteiger partial charge in [-0.15, -0.1) is 0 Å². The predicted molar refractivity (Wildman–Crippen MR) is 64.7 cm³/mol. The van der Waals surface area contributed by atoms with Crippen LogP contribution in [-0.2, 0) is 11.3 Å². The zero-order valence-corrected chi connectivity index (χ0v) is 10.3. The normalized spacial score (nSPS) is 14.3. The first-order chi connectivity index (χ1) is 8.60. The molecule has 1 aliphatic rings. The lowest BCUT2D eigenvalue weighted by Gasteiger charge is -2.15. The van der Waals surface area contributed by atoms with Crippen LogP contribution in [0.3, 0.4) is 0 Å². The van der Waals surface area contributed by atoms with Crippen molar-refractivity contribution in [1.29, 1.82) is 0 Å². The molecular formula is C12H17N3O3. The second-order valence-corrected chi connectivity index (χ2v) is 4.47. The minimum Gasteiger partial charge on any atom is -0.455 e. The molecule has 2 rings (SSSR count). The largest absolute Gasteiger partial charge is 0.455 e. The van der Waals surface area contributed by atoms with Crippen LogP contribution < -0.4 is 11.1 Å². The number of hydrogen-bond donors (Lipinski definition) is 2. The van der Waals surface area contributed by atoms with Crippen LogP contribution in [-0.4, -0.2) is 36.3 Å². The third-order valence-corrected chi connectivity index (χ3v) is 2.74. The average Bonchev–Trinajstić information content (AvgIpc) is 3.02. The van der Waals surface area contributed by atoms with E-state index in [-0.39, 0.29) is 30.7 Å². The lowest BCUT2D eigenvalue weighted by atomic mass is 10.3.